The van der Waals surface area contributed by atoms with Gasteiger partial charge < -0.3 is 10.0 Å². The number of carboxylic acids is 1. The quantitative estimate of drug-likeness (QED) is 0.696. The Hall–Kier alpha value is -2.27. The first-order valence-corrected chi connectivity index (χ1v) is 6.27. The van der Waals surface area contributed by atoms with E-state index in [1.807, 2.05) is 26.2 Å². The van der Waals surface area contributed by atoms with Gasteiger partial charge in [-0.3, -0.25) is 0 Å². The topological polar surface area (TPSA) is 57.8 Å². The Morgan fingerprint density at radius 2 is 1.95 bits per heavy atom. The molecule has 2 rings (SSSR count). The average molecular weight is 292 g/mol. The zero-order valence-electron chi connectivity index (χ0n) is 11.1. The Labute approximate surface area is 121 Å². The van der Waals surface area contributed by atoms with Crippen molar-refractivity contribution in [3.8, 4) is 11.1 Å². The summed E-state index contributed by atoms with van der Waals surface area (Å²) in [6.45, 7) is 0. The molecule has 0 aliphatic carbocycles. The fourth-order valence-electron chi connectivity index (χ4n) is 1.67. The van der Waals surface area contributed by atoms with Gasteiger partial charge in [-0.2, -0.15) is 5.10 Å². The van der Waals surface area contributed by atoms with Gasteiger partial charge in [0.2, 0.25) is 0 Å². The highest BCUT2D eigenvalue weighted by molar-refractivity contribution is 6.30. The number of carbonyl (C=O) groups is 1. The van der Waals surface area contributed by atoms with Gasteiger partial charge >= 0.3 is 5.97 Å². The molecule has 0 saturated heterocycles. The van der Waals surface area contributed by atoms with Crippen LogP contribution in [0.2, 0.25) is 5.02 Å². The SMILES string of the molecule is CN(C)/C=N/n1cc(-c2ccc(Cl)cc2)cc1C(=O)O. The van der Waals surface area contributed by atoms with Gasteiger partial charge in [-0.15, -0.1) is 0 Å². The van der Waals surface area contributed by atoms with E-state index < -0.39 is 5.97 Å². The van der Waals surface area contributed by atoms with Crippen molar-refractivity contribution in [2.45, 2.75) is 0 Å². The zero-order valence-corrected chi connectivity index (χ0v) is 11.9. The summed E-state index contributed by atoms with van der Waals surface area (Å²) in [5.74, 6) is -1.03. The summed E-state index contributed by atoms with van der Waals surface area (Å²) in [6.07, 6.45) is 3.21. The number of aromatic carboxylic acids is 1. The van der Waals surface area contributed by atoms with Crippen LogP contribution in [0.25, 0.3) is 11.1 Å². The first-order valence-electron chi connectivity index (χ1n) is 5.90. The van der Waals surface area contributed by atoms with Crippen molar-refractivity contribution >= 4 is 23.9 Å². The predicted octanol–water partition coefficient (Wildman–Crippen LogP) is 2.86. The number of aromatic nitrogens is 1. The van der Waals surface area contributed by atoms with Gasteiger partial charge in [0.1, 0.15) is 12.0 Å². The maximum absolute atomic E-state index is 11.2. The van der Waals surface area contributed by atoms with Crippen LogP contribution >= 0.6 is 11.6 Å². The van der Waals surface area contributed by atoms with E-state index in [4.69, 9.17) is 11.6 Å². The lowest BCUT2D eigenvalue weighted by molar-refractivity contribution is 0.0686. The Morgan fingerprint density at radius 1 is 1.30 bits per heavy atom. The molecule has 0 amide bonds. The molecular formula is C14H14ClN3O2. The third-order valence-electron chi connectivity index (χ3n) is 2.60. The van der Waals surface area contributed by atoms with Crippen LogP contribution in [0, 0.1) is 0 Å². The zero-order chi connectivity index (χ0) is 14.7. The Balaban J connectivity index is 2.43. The molecule has 0 bridgehead atoms. The minimum Gasteiger partial charge on any atom is -0.477 e. The van der Waals surface area contributed by atoms with Crippen molar-refractivity contribution in [1.29, 1.82) is 0 Å². The van der Waals surface area contributed by atoms with Crippen LogP contribution < -0.4 is 0 Å². The van der Waals surface area contributed by atoms with Crippen LogP contribution in [0.5, 0.6) is 0 Å². The van der Waals surface area contributed by atoms with E-state index in [0.29, 0.717) is 5.02 Å². The highest BCUT2D eigenvalue weighted by Gasteiger charge is 2.13. The number of nitrogens with zero attached hydrogens (tertiary/aromatic N) is 3. The summed E-state index contributed by atoms with van der Waals surface area (Å²) in [5, 5.41) is 13.9. The lowest BCUT2D eigenvalue weighted by Crippen LogP contribution is -2.11. The van der Waals surface area contributed by atoms with Gasteiger partial charge in [0, 0.05) is 30.9 Å². The molecule has 0 spiro atoms. The summed E-state index contributed by atoms with van der Waals surface area (Å²) >= 11 is 5.84. The van der Waals surface area contributed by atoms with E-state index in [9.17, 15) is 9.90 Å². The molecular weight excluding hydrogens is 278 g/mol. The van der Waals surface area contributed by atoms with Crippen molar-refractivity contribution in [3.63, 3.8) is 0 Å². The summed E-state index contributed by atoms with van der Waals surface area (Å²) < 4.78 is 1.34. The van der Waals surface area contributed by atoms with Gasteiger partial charge in [0.05, 0.1) is 0 Å². The van der Waals surface area contributed by atoms with Crippen LogP contribution in [0.4, 0.5) is 0 Å². The molecule has 20 heavy (non-hydrogen) atoms. The first kappa shape index (κ1) is 14.1. The Kier molecular flexibility index (Phi) is 4.10. The third-order valence-corrected chi connectivity index (χ3v) is 2.86. The molecule has 1 aromatic heterocycles. The second-order valence-electron chi connectivity index (χ2n) is 4.47. The molecule has 0 aliphatic rings. The van der Waals surface area contributed by atoms with E-state index in [1.165, 1.54) is 11.0 Å². The monoisotopic (exact) mass is 291 g/mol. The average Bonchev–Trinajstić information content (AvgIpc) is 2.81. The van der Waals surface area contributed by atoms with Crippen molar-refractivity contribution < 1.29 is 9.90 Å². The molecule has 104 valence electrons. The van der Waals surface area contributed by atoms with Gasteiger partial charge in [-0.05, 0) is 23.8 Å². The highest BCUT2D eigenvalue weighted by atomic mass is 35.5. The van der Waals surface area contributed by atoms with Crippen LogP contribution in [0.15, 0.2) is 41.6 Å². The Bertz CT molecular complexity index is 645. The van der Waals surface area contributed by atoms with E-state index in [0.717, 1.165) is 11.1 Å². The molecule has 0 fully saturated rings. The van der Waals surface area contributed by atoms with E-state index in [1.54, 1.807) is 29.3 Å². The van der Waals surface area contributed by atoms with Crippen LogP contribution in [-0.2, 0) is 0 Å². The fourth-order valence-corrected chi connectivity index (χ4v) is 1.79. The fraction of sp³-hybridized carbons (Fsp3) is 0.143. The summed E-state index contributed by atoms with van der Waals surface area (Å²) in [4.78, 5) is 13.0. The molecule has 0 unspecified atom stereocenters. The third kappa shape index (κ3) is 3.19. The largest absolute Gasteiger partial charge is 0.477 e. The van der Waals surface area contributed by atoms with E-state index >= 15 is 0 Å². The number of carboxylic acid groups (broad SMARTS) is 1. The van der Waals surface area contributed by atoms with Crippen LogP contribution in [0.1, 0.15) is 10.5 Å². The molecule has 0 saturated carbocycles. The molecule has 0 aliphatic heterocycles. The molecule has 5 nitrogen and oxygen atoms in total. The maximum atomic E-state index is 11.2. The standard InChI is InChI=1S/C14H14ClN3O2/c1-17(2)9-16-18-8-11(7-13(18)14(19)20)10-3-5-12(15)6-4-10/h3-9H,1-2H3,(H,19,20)/b16-9+. The lowest BCUT2D eigenvalue weighted by Gasteiger charge is -2.03. The minimum absolute atomic E-state index is 0.105. The van der Waals surface area contributed by atoms with Gasteiger partial charge in [-0.25, -0.2) is 9.47 Å². The maximum Gasteiger partial charge on any atom is 0.354 e. The van der Waals surface area contributed by atoms with E-state index in [-0.39, 0.29) is 5.69 Å². The molecule has 1 heterocycles. The number of benzene rings is 1. The number of hydrogen-bond acceptors (Lipinski definition) is 2. The predicted molar refractivity (Wildman–Crippen MR) is 79.4 cm³/mol. The Morgan fingerprint density at radius 3 is 2.50 bits per heavy atom. The number of hydrogen-bond donors (Lipinski definition) is 1. The number of halogens is 1. The second kappa shape index (κ2) is 5.79. The first-order chi connectivity index (χ1) is 9.47. The van der Waals surface area contributed by atoms with Gasteiger partial charge in [0.25, 0.3) is 0 Å². The molecule has 0 radical (unpaired) electrons. The highest BCUT2D eigenvalue weighted by Crippen LogP contribution is 2.24. The molecule has 6 heteroatoms. The van der Waals surface area contributed by atoms with Crippen molar-refractivity contribution in [2.75, 3.05) is 14.1 Å². The minimum atomic E-state index is -1.03. The molecule has 0 atom stereocenters. The van der Waals surface area contributed by atoms with Crippen LogP contribution in [-0.4, -0.2) is 41.1 Å². The van der Waals surface area contributed by atoms with Crippen LogP contribution in [0.3, 0.4) is 0 Å². The van der Waals surface area contributed by atoms with Crippen molar-refractivity contribution in [2.24, 2.45) is 5.10 Å². The lowest BCUT2D eigenvalue weighted by atomic mass is 10.1. The van der Waals surface area contributed by atoms with E-state index in [2.05, 4.69) is 5.10 Å². The summed E-state index contributed by atoms with van der Waals surface area (Å²) in [7, 11) is 3.63. The van der Waals surface area contributed by atoms with Gasteiger partial charge in [0.15, 0.2) is 0 Å². The molecule has 1 N–H and O–H groups in total. The second-order valence-corrected chi connectivity index (χ2v) is 4.90. The normalized spacial score (nSPS) is 10.9. The molecule has 1 aromatic carbocycles. The van der Waals surface area contributed by atoms with Crippen molar-refractivity contribution in [1.82, 2.24) is 9.58 Å². The molecule has 2 aromatic rings. The smallest absolute Gasteiger partial charge is 0.354 e. The number of rotatable bonds is 4. The van der Waals surface area contributed by atoms with Gasteiger partial charge in [-0.1, -0.05) is 23.7 Å². The van der Waals surface area contributed by atoms with Crippen molar-refractivity contribution in [3.05, 3.63) is 47.2 Å². The summed E-state index contributed by atoms with van der Waals surface area (Å²) in [5.41, 5.74) is 1.76. The summed E-state index contributed by atoms with van der Waals surface area (Å²) in [6, 6.07) is 8.78.